The molecule has 380 valence electrons. The molecule has 0 spiro atoms. The van der Waals surface area contributed by atoms with Crippen LogP contribution in [-0.2, 0) is 57.1 Å². The molecule has 1 unspecified atom stereocenters. The van der Waals surface area contributed by atoms with E-state index in [4.69, 9.17) is 42.6 Å². The maximum absolute atomic E-state index is 15.9. The maximum Gasteiger partial charge on any atom is 0.413 e. The molecular formula is C53H61NO16S. The van der Waals surface area contributed by atoms with Gasteiger partial charge in [0.15, 0.2) is 29.8 Å². The first-order valence-corrected chi connectivity index (χ1v) is 25.0. The molecule has 1 N–H and O–H groups in total. The summed E-state index contributed by atoms with van der Waals surface area (Å²) in [6, 6.07) is 22.5. The summed E-state index contributed by atoms with van der Waals surface area (Å²) >= 11 is 1.35. The Kier molecular flexibility index (Phi) is 14.5. The molecule has 5 aliphatic rings. The van der Waals surface area contributed by atoms with Crippen LogP contribution < -0.4 is 4.74 Å². The van der Waals surface area contributed by atoms with E-state index in [9.17, 15) is 24.3 Å². The molecule has 2 bridgehead atoms. The fourth-order valence-electron chi connectivity index (χ4n) is 11.2. The van der Waals surface area contributed by atoms with Gasteiger partial charge in [-0.25, -0.2) is 14.4 Å². The molecule has 18 heteroatoms. The van der Waals surface area contributed by atoms with Gasteiger partial charge in [0.05, 0.1) is 42.7 Å². The van der Waals surface area contributed by atoms with Crippen LogP contribution in [0.5, 0.6) is 5.75 Å². The van der Waals surface area contributed by atoms with Crippen molar-refractivity contribution in [2.75, 3.05) is 25.9 Å². The van der Waals surface area contributed by atoms with Crippen LogP contribution in [0.25, 0.3) is 0 Å². The van der Waals surface area contributed by atoms with Gasteiger partial charge in [0.25, 0.3) is 0 Å². The molecule has 13 atom stereocenters. The number of methoxy groups -OCH3 is 1. The lowest BCUT2D eigenvalue weighted by molar-refractivity contribution is -0.344. The van der Waals surface area contributed by atoms with E-state index < -0.39 is 125 Å². The van der Waals surface area contributed by atoms with Crippen molar-refractivity contribution in [3.05, 3.63) is 113 Å². The highest BCUT2D eigenvalue weighted by Gasteiger charge is 2.77. The molecule has 8 rings (SSSR count). The van der Waals surface area contributed by atoms with Crippen molar-refractivity contribution >= 4 is 47.5 Å². The normalized spacial score (nSPS) is 33.1. The molecule has 3 aliphatic carbocycles. The summed E-state index contributed by atoms with van der Waals surface area (Å²) in [6.07, 6.45) is -7.36. The zero-order valence-electron chi connectivity index (χ0n) is 41.2. The number of aliphatic hydroxyl groups is 1. The molecule has 2 saturated heterocycles. The molecular weight excluding hydrogens is 939 g/mol. The average molecular weight is 1000 g/mol. The SMILES string of the molecule is COc1ccc([C@H]2OC(C(=O)O[C@@H]3C=C4[C@@H](OC(C)=O)C(=O)[C@]5(C)[C@@H](OCSC)C[C@H]6OC[C@@]6(OC(C)=O)[C@H]5[C@H](OC(=O)c5ccccc5)[C@](O)(C3)[C@@H]4C)[C@H](c3ccccc3)N2C(=O)OC(C)(C)C)cc1. The molecule has 2 saturated carbocycles. The zero-order valence-corrected chi connectivity index (χ0v) is 42.0. The van der Waals surface area contributed by atoms with Crippen molar-refractivity contribution in [2.45, 2.75) is 127 Å². The first-order chi connectivity index (χ1) is 33.7. The topological polar surface area (TPSA) is 209 Å². The van der Waals surface area contributed by atoms with Crippen LogP contribution >= 0.6 is 11.8 Å². The number of carbonyl (C=O) groups is 6. The highest BCUT2D eigenvalue weighted by molar-refractivity contribution is 7.98. The first kappa shape index (κ1) is 51.6. The van der Waals surface area contributed by atoms with Crippen LogP contribution in [0.4, 0.5) is 4.79 Å². The predicted molar refractivity (Wildman–Crippen MR) is 254 cm³/mol. The number of carbonyl (C=O) groups excluding carboxylic acids is 6. The van der Waals surface area contributed by atoms with Gasteiger partial charge in [0.2, 0.25) is 0 Å². The molecule has 3 aromatic carbocycles. The Morgan fingerprint density at radius 3 is 2.13 bits per heavy atom. The lowest BCUT2D eigenvalue weighted by Gasteiger charge is -2.66. The number of amides is 1. The number of ketones is 1. The van der Waals surface area contributed by atoms with Crippen LogP contribution in [0.15, 0.2) is 96.6 Å². The van der Waals surface area contributed by atoms with E-state index in [1.54, 1.807) is 107 Å². The zero-order chi connectivity index (χ0) is 51.2. The third-order valence-electron chi connectivity index (χ3n) is 14.4. The molecule has 17 nitrogen and oxygen atoms in total. The molecule has 0 radical (unpaired) electrons. The van der Waals surface area contributed by atoms with Crippen molar-refractivity contribution < 1.29 is 76.5 Å². The Morgan fingerprint density at radius 1 is 0.887 bits per heavy atom. The predicted octanol–water partition coefficient (Wildman–Crippen LogP) is 6.85. The summed E-state index contributed by atoms with van der Waals surface area (Å²) in [4.78, 5) is 87.7. The van der Waals surface area contributed by atoms with Crippen LogP contribution in [0.2, 0.25) is 0 Å². The summed E-state index contributed by atoms with van der Waals surface area (Å²) in [6.45, 7) is 10.5. The lowest BCUT2D eigenvalue weighted by Crippen LogP contribution is -2.81. The number of hydrogen-bond donors (Lipinski definition) is 1. The van der Waals surface area contributed by atoms with Gasteiger partial charge in [0, 0.05) is 38.2 Å². The van der Waals surface area contributed by atoms with Gasteiger partial charge in [-0.2, -0.15) is 0 Å². The number of ether oxygens (including phenoxy) is 9. The van der Waals surface area contributed by atoms with Crippen molar-refractivity contribution in [3.63, 3.8) is 0 Å². The minimum absolute atomic E-state index is 0.0494. The van der Waals surface area contributed by atoms with Crippen molar-refractivity contribution in [1.29, 1.82) is 0 Å². The maximum atomic E-state index is 15.9. The minimum atomic E-state index is -2.28. The third kappa shape index (κ3) is 9.56. The van der Waals surface area contributed by atoms with Crippen molar-refractivity contribution in [1.82, 2.24) is 4.90 Å². The summed E-state index contributed by atoms with van der Waals surface area (Å²) in [5.41, 5.74) is -5.55. The average Bonchev–Trinajstić information content (AvgIpc) is 3.74. The number of rotatable bonds is 12. The number of fused-ring (bicyclic) bond motifs is 5. The Hall–Kier alpha value is -5.79. The molecule has 2 heterocycles. The van der Waals surface area contributed by atoms with E-state index in [1.165, 1.54) is 48.9 Å². The second kappa shape index (κ2) is 20.0. The standard InChI is InChI=1S/C53H61NO16S/c1-29-37-24-36(66-48(59)42-40(32-16-12-10-13-17-32)54(49(60)70-50(4,5)6)46(67-42)33-20-22-35(62-8)23-21-33)26-52(29,61)45(68-47(58)34-18-14-11-15-19-34)43-51(7,44(57)41(37)65-30(2)55)38(64-28-71-9)25-39-53(43,27-63-39)69-31(3)56/h10-24,29,36,38-43,45-46,61H,25-28H2,1-9H3/t29-,36-,38+,39-,40+,41-,42?,43+,45+,46-,51-,52+,53+/m1/s1. The van der Waals surface area contributed by atoms with Crippen molar-refractivity contribution in [2.24, 2.45) is 17.3 Å². The lowest BCUT2D eigenvalue weighted by atomic mass is 9.47. The summed E-state index contributed by atoms with van der Waals surface area (Å²) in [5, 5.41) is 13.8. The van der Waals surface area contributed by atoms with E-state index in [0.717, 1.165) is 6.92 Å². The summed E-state index contributed by atoms with van der Waals surface area (Å²) in [7, 11) is 1.52. The highest BCUT2D eigenvalue weighted by Crippen LogP contribution is 2.62. The Bertz CT molecular complexity index is 2530. The van der Waals surface area contributed by atoms with Crippen molar-refractivity contribution in [3.8, 4) is 5.75 Å². The molecule has 2 aliphatic heterocycles. The van der Waals surface area contributed by atoms with Gasteiger partial charge in [-0.05, 0) is 75.4 Å². The van der Waals surface area contributed by atoms with E-state index in [0.29, 0.717) is 16.9 Å². The fourth-order valence-corrected chi connectivity index (χ4v) is 11.5. The number of thioether (sulfide) groups is 1. The fraction of sp³-hybridized carbons (Fsp3) is 0.509. The van der Waals surface area contributed by atoms with Crippen LogP contribution in [-0.4, -0.2) is 125 Å². The highest BCUT2D eigenvalue weighted by atomic mass is 32.2. The van der Waals surface area contributed by atoms with Gasteiger partial charge in [-0.1, -0.05) is 67.6 Å². The monoisotopic (exact) mass is 999 g/mol. The van der Waals surface area contributed by atoms with Crippen LogP contribution in [0, 0.1) is 17.3 Å². The first-order valence-electron chi connectivity index (χ1n) is 23.6. The van der Waals surface area contributed by atoms with E-state index in [2.05, 4.69) is 0 Å². The number of benzene rings is 3. The van der Waals surface area contributed by atoms with Gasteiger partial charge in [0.1, 0.15) is 41.3 Å². The molecule has 3 aromatic rings. The number of Topliss-reactive ketones (excluding diaryl/α,β-unsaturated/α-hetero) is 1. The van der Waals surface area contributed by atoms with E-state index >= 15 is 9.59 Å². The van der Waals surface area contributed by atoms with Crippen LogP contribution in [0.3, 0.4) is 0 Å². The number of nitrogens with zero attached hydrogens (tertiary/aromatic N) is 1. The van der Waals surface area contributed by atoms with Gasteiger partial charge >= 0.3 is 30.0 Å². The molecule has 4 fully saturated rings. The van der Waals surface area contributed by atoms with E-state index in [1.807, 2.05) is 6.26 Å². The van der Waals surface area contributed by atoms with Crippen LogP contribution in [0.1, 0.15) is 95.1 Å². The summed E-state index contributed by atoms with van der Waals surface area (Å²) in [5.74, 6) is -5.99. The van der Waals surface area contributed by atoms with Gasteiger partial charge in [-0.3, -0.25) is 19.3 Å². The quantitative estimate of drug-likeness (QED) is 0.0851. The Morgan fingerprint density at radius 2 is 1.55 bits per heavy atom. The Labute approximate surface area is 416 Å². The molecule has 71 heavy (non-hydrogen) atoms. The van der Waals surface area contributed by atoms with Gasteiger partial charge in [-0.15, -0.1) is 11.8 Å². The van der Waals surface area contributed by atoms with Gasteiger partial charge < -0.3 is 47.7 Å². The second-order valence-corrected chi connectivity index (χ2v) is 20.7. The largest absolute Gasteiger partial charge is 0.497 e. The molecule has 0 aromatic heterocycles. The minimum Gasteiger partial charge on any atom is -0.497 e. The number of hydrogen-bond acceptors (Lipinski definition) is 17. The third-order valence-corrected chi connectivity index (χ3v) is 14.7. The smallest absolute Gasteiger partial charge is 0.413 e. The Balaban J connectivity index is 1.28. The number of esters is 4. The molecule has 1 amide bonds. The summed E-state index contributed by atoms with van der Waals surface area (Å²) < 4.78 is 55.6. The second-order valence-electron chi connectivity index (χ2n) is 19.9. The van der Waals surface area contributed by atoms with E-state index in [-0.39, 0.29) is 30.1 Å².